The van der Waals surface area contributed by atoms with E-state index in [9.17, 15) is 4.79 Å². The monoisotopic (exact) mass is 325 g/mol. The van der Waals surface area contributed by atoms with Crippen LogP contribution in [0, 0.1) is 6.92 Å². The summed E-state index contributed by atoms with van der Waals surface area (Å²) in [5.41, 5.74) is 4.26. The average molecular weight is 325 g/mol. The van der Waals surface area contributed by atoms with Gasteiger partial charge in [0.2, 0.25) is 11.8 Å². The highest BCUT2D eigenvalue weighted by molar-refractivity contribution is 7.80. The Balaban J connectivity index is 1.87. The minimum Gasteiger partial charge on any atom is -0.436 e. The smallest absolute Gasteiger partial charge is 0.227 e. The summed E-state index contributed by atoms with van der Waals surface area (Å²) in [5.74, 6) is 0.355. The van der Waals surface area contributed by atoms with Gasteiger partial charge in [-0.2, -0.15) is 0 Å². The maximum Gasteiger partial charge on any atom is 0.227 e. The maximum absolute atomic E-state index is 11.0. The summed E-state index contributed by atoms with van der Waals surface area (Å²) in [6.07, 6.45) is 0. The Labute approximate surface area is 138 Å². The number of rotatable bonds is 2. The molecule has 0 fully saturated rings. The minimum absolute atomic E-state index is 0.216. The van der Waals surface area contributed by atoms with Crippen molar-refractivity contribution >= 4 is 40.0 Å². The molecule has 6 heteroatoms. The van der Waals surface area contributed by atoms with Crippen molar-refractivity contribution in [1.29, 1.82) is 0 Å². The van der Waals surface area contributed by atoms with E-state index in [4.69, 9.17) is 16.6 Å². The number of carbonyl (C=O) groups is 1. The number of benzene rings is 2. The van der Waals surface area contributed by atoms with Gasteiger partial charge >= 0.3 is 0 Å². The fraction of sp³-hybridized carbons (Fsp3) is 0.118. The summed E-state index contributed by atoms with van der Waals surface area (Å²) in [6.45, 7) is 3.44. The van der Waals surface area contributed by atoms with E-state index in [0.717, 1.165) is 16.8 Å². The molecule has 0 aliphatic rings. The number of hydrogen-bond donors (Lipinski definition) is 2. The number of nitrogens with zero attached hydrogens (tertiary/aromatic N) is 1. The minimum atomic E-state index is -0.216. The molecule has 0 radical (unpaired) electrons. The van der Waals surface area contributed by atoms with Gasteiger partial charge in [0.05, 0.1) is 0 Å². The van der Waals surface area contributed by atoms with Crippen molar-refractivity contribution in [2.24, 2.45) is 0 Å². The van der Waals surface area contributed by atoms with Crippen LogP contribution < -0.4 is 10.6 Å². The lowest BCUT2D eigenvalue weighted by atomic mass is 10.1. The highest BCUT2D eigenvalue weighted by Gasteiger charge is 2.09. The van der Waals surface area contributed by atoms with Crippen molar-refractivity contribution in [2.75, 3.05) is 5.32 Å². The third-order valence-corrected chi connectivity index (χ3v) is 3.44. The summed E-state index contributed by atoms with van der Waals surface area (Å²) in [4.78, 5) is 15.5. The maximum atomic E-state index is 11.0. The van der Waals surface area contributed by atoms with Crippen LogP contribution in [0.3, 0.4) is 0 Å². The van der Waals surface area contributed by atoms with E-state index < -0.39 is 0 Å². The SMILES string of the molecule is CC(=O)NC(=S)Nc1ccc2oc(-c3ccc(C)cc3)nc2c1. The zero-order chi connectivity index (χ0) is 16.4. The molecule has 0 atom stereocenters. The number of fused-ring (bicyclic) bond motifs is 1. The summed E-state index contributed by atoms with van der Waals surface area (Å²) >= 11 is 5.04. The van der Waals surface area contributed by atoms with E-state index in [-0.39, 0.29) is 11.0 Å². The Morgan fingerprint density at radius 2 is 1.91 bits per heavy atom. The molecule has 0 aliphatic heterocycles. The molecule has 2 aromatic carbocycles. The van der Waals surface area contributed by atoms with Gasteiger partial charge < -0.3 is 15.1 Å². The first-order chi connectivity index (χ1) is 11.0. The molecule has 116 valence electrons. The molecular weight excluding hydrogens is 310 g/mol. The standard InChI is InChI=1S/C17H15N3O2S/c1-10-3-5-12(6-4-10)16-20-14-9-13(7-8-15(14)22-16)19-17(23)18-11(2)21/h3-9H,1-2H3,(H2,18,19,21,23). The number of aromatic nitrogens is 1. The molecule has 0 saturated heterocycles. The second kappa shape index (κ2) is 6.18. The molecule has 1 aromatic heterocycles. The van der Waals surface area contributed by atoms with Crippen LogP contribution in [0.1, 0.15) is 12.5 Å². The summed E-state index contributed by atoms with van der Waals surface area (Å²) in [5, 5.41) is 5.70. The second-order valence-electron chi connectivity index (χ2n) is 5.20. The van der Waals surface area contributed by atoms with Gasteiger partial charge in [0.1, 0.15) is 5.52 Å². The fourth-order valence-corrected chi connectivity index (χ4v) is 2.41. The van der Waals surface area contributed by atoms with Gasteiger partial charge in [-0.25, -0.2) is 4.98 Å². The van der Waals surface area contributed by atoms with Gasteiger partial charge in [0, 0.05) is 18.2 Å². The summed E-state index contributed by atoms with van der Waals surface area (Å²) in [6, 6.07) is 13.5. The number of carbonyl (C=O) groups excluding carboxylic acids is 1. The van der Waals surface area contributed by atoms with E-state index in [0.29, 0.717) is 11.5 Å². The van der Waals surface area contributed by atoms with Crippen LogP contribution in [0.15, 0.2) is 46.9 Å². The zero-order valence-corrected chi connectivity index (χ0v) is 13.5. The van der Waals surface area contributed by atoms with Crippen LogP contribution in [0.25, 0.3) is 22.6 Å². The largest absolute Gasteiger partial charge is 0.436 e. The predicted octanol–water partition coefficient (Wildman–Crippen LogP) is 3.64. The molecule has 0 bridgehead atoms. The first-order valence-electron chi connectivity index (χ1n) is 7.07. The lowest BCUT2D eigenvalue weighted by molar-refractivity contribution is -0.117. The molecule has 0 unspecified atom stereocenters. The molecule has 23 heavy (non-hydrogen) atoms. The van der Waals surface area contributed by atoms with Crippen molar-refractivity contribution in [2.45, 2.75) is 13.8 Å². The molecule has 0 spiro atoms. The van der Waals surface area contributed by atoms with E-state index in [1.807, 2.05) is 49.4 Å². The molecule has 3 rings (SSSR count). The van der Waals surface area contributed by atoms with Gasteiger partial charge in [-0.05, 0) is 49.5 Å². The third-order valence-electron chi connectivity index (χ3n) is 3.23. The Morgan fingerprint density at radius 1 is 1.17 bits per heavy atom. The first-order valence-corrected chi connectivity index (χ1v) is 7.48. The molecular formula is C17H15N3O2S. The van der Waals surface area contributed by atoms with Crippen molar-refractivity contribution in [3.8, 4) is 11.5 Å². The number of nitrogens with one attached hydrogen (secondary N) is 2. The molecule has 1 amide bonds. The molecule has 5 nitrogen and oxygen atoms in total. The molecule has 0 saturated carbocycles. The molecule has 1 heterocycles. The molecule has 2 N–H and O–H groups in total. The van der Waals surface area contributed by atoms with Crippen molar-refractivity contribution < 1.29 is 9.21 Å². The van der Waals surface area contributed by atoms with Gasteiger partial charge in [-0.3, -0.25) is 4.79 Å². The topological polar surface area (TPSA) is 67.2 Å². The Hall–Kier alpha value is -2.73. The fourth-order valence-electron chi connectivity index (χ4n) is 2.15. The van der Waals surface area contributed by atoms with E-state index in [1.54, 1.807) is 0 Å². The molecule has 0 aliphatic carbocycles. The summed E-state index contributed by atoms with van der Waals surface area (Å²) < 4.78 is 5.78. The van der Waals surface area contributed by atoms with Gasteiger partial charge in [0.15, 0.2) is 10.7 Å². The Morgan fingerprint density at radius 3 is 2.61 bits per heavy atom. The van der Waals surface area contributed by atoms with Crippen LogP contribution in [0.5, 0.6) is 0 Å². The number of anilines is 1. The van der Waals surface area contributed by atoms with E-state index in [2.05, 4.69) is 15.6 Å². The van der Waals surface area contributed by atoms with Crippen LogP contribution >= 0.6 is 12.2 Å². The lowest BCUT2D eigenvalue weighted by Crippen LogP contribution is -2.32. The van der Waals surface area contributed by atoms with Gasteiger partial charge in [0.25, 0.3) is 0 Å². The van der Waals surface area contributed by atoms with E-state index in [1.165, 1.54) is 12.5 Å². The highest BCUT2D eigenvalue weighted by atomic mass is 32.1. The first kappa shape index (κ1) is 15.2. The van der Waals surface area contributed by atoms with Crippen LogP contribution in [-0.4, -0.2) is 16.0 Å². The Bertz CT molecular complexity index is 884. The second-order valence-corrected chi connectivity index (χ2v) is 5.61. The highest BCUT2D eigenvalue weighted by Crippen LogP contribution is 2.26. The normalized spacial score (nSPS) is 10.5. The third kappa shape index (κ3) is 3.54. The van der Waals surface area contributed by atoms with Crippen molar-refractivity contribution in [1.82, 2.24) is 10.3 Å². The van der Waals surface area contributed by atoms with Crippen LogP contribution in [-0.2, 0) is 4.79 Å². The lowest BCUT2D eigenvalue weighted by Gasteiger charge is -2.07. The quantitative estimate of drug-likeness (QED) is 0.704. The van der Waals surface area contributed by atoms with E-state index >= 15 is 0 Å². The number of amides is 1. The number of hydrogen-bond acceptors (Lipinski definition) is 4. The van der Waals surface area contributed by atoms with Crippen molar-refractivity contribution in [3.05, 3.63) is 48.0 Å². The van der Waals surface area contributed by atoms with Crippen molar-refractivity contribution in [3.63, 3.8) is 0 Å². The summed E-state index contributed by atoms with van der Waals surface area (Å²) in [7, 11) is 0. The zero-order valence-electron chi connectivity index (χ0n) is 12.7. The van der Waals surface area contributed by atoms with Gasteiger partial charge in [-0.15, -0.1) is 0 Å². The van der Waals surface area contributed by atoms with Crippen LogP contribution in [0.2, 0.25) is 0 Å². The number of aryl methyl sites for hydroxylation is 1. The average Bonchev–Trinajstić information content (AvgIpc) is 2.90. The van der Waals surface area contributed by atoms with Crippen LogP contribution in [0.4, 0.5) is 5.69 Å². The predicted molar refractivity (Wildman–Crippen MR) is 94.2 cm³/mol. The Kier molecular flexibility index (Phi) is 4.08. The number of oxazole rings is 1. The number of thiocarbonyl (C=S) groups is 1. The molecule has 3 aromatic rings. The van der Waals surface area contributed by atoms with Gasteiger partial charge in [-0.1, -0.05) is 17.7 Å².